The van der Waals surface area contributed by atoms with Gasteiger partial charge in [0.15, 0.2) is 0 Å². The lowest BCUT2D eigenvalue weighted by Crippen LogP contribution is -2.35. The monoisotopic (exact) mass is 312 g/mol. The first kappa shape index (κ1) is 16.9. The van der Waals surface area contributed by atoms with Crippen molar-refractivity contribution in [3.8, 4) is 0 Å². The molecule has 7 nitrogen and oxygen atoms in total. The van der Waals surface area contributed by atoms with Gasteiger partial charge in [-0.05, 0) is 25.7 Å². The van der Waals surface area contributed by atoms with Crippen LogP contribution in [-0.2, 0) is 4.74 Å². The van der Waals surface area contributed by atoms with Crippen LogP contribution in [0.2, 0.25) is 0 Å². The molecule has 1 fully saturated rings. The van der Waals surface area contributed by atoms with Crippen LogP contribution in [0.5, 0.6) is 0 Å². The Morgan fingerprint density at radius 1 is 1.41 bits per heavy atom. The van der Waals surface area contributed by atoms with Crippen LogP contribution in [-0.4, -0.2) is 38.1 Å². The molecule has 0 saturated carbocycles. The van der Waals surface area contributed by atoms with Crippen molar-refractivity contribution >= 4 is 0 Å². The molecule has 22 heavy (non-hydrogen) atoms. The molecule has 2 rings (SSSR count). The van der Waals surface area contributed by atoms with Crippen molar-refractivity contribution < 1.29 is 14.9 Å². The highest BCUT2D eigenvalue weighted by Crippen LogP contribution is 2.31. The fourth-order valence-electron chi connectivity index (χ4n) is 2.66. The lowest BCUT2D eigenvalue weighted by atomic mass is 9.99. The van der Waals surface area contributed by atoms with Crippen LogP contribution in [0.25, 0.3) is 0 Å². The van der Waals surface area contributed by atoms with Crippen molar-refractivity contribution in [3.05, 3.63) is 32.6 Å². The summed E-state index contributed by atoms with van der Waals surface area (Å²) in [7, 11) is 0. The molecule has 124 valence electrons. The summed E-state index contributed by atoms with van der Waals surface area (Å²) < 4.78 is 6.93. The first-order valence-electron chi connectivity index (χ1n) is 7.63. The molecule has 1 aliphatic rings. The van der Waals surface area contributed by atoms with Crippen molar-refractivity contribution in [2.75, 3.05) is 0 Å². The van der Waals surface area contributed by atoms with Gasteiger partial charge < -0.3 is 14.9 Å². The van der Waals surface area contributed by atoms with Crippen molar-refractivity contribution in [3.63, 3.8) is 0 Å². The van der Waals surface area contributed by atoms with E-state index >= 15 is 0 Å². The second kappa shape index (κ2) is 6.76. The fraction of sp³-hybridized carbons (Fsp3) is 0.733. The first-order chi connectivity index (χ1) is 10.3. The van der Waals surface area contributed by atoms with E-state index in [0.29, 0.717) is 17.9 Å². The normalized spacial score (nSPS) is 26.5. The molecular formula is C15H24N2O5. The molecule has 1 aromatic rings. The number of nitrogens with one attached hydrogen (secondary N) is 1. The minimum Gasteiger partial charge on any atom is -0.390 e. The Morgan fingerprint density at radius 2 is 2.09 bits per heavy atom. The number of rotatable bonds is 5. The van der Waals surface area contributed by atoms with Gasteiger partial charge in [-0.2, -0.15) is 0 Å². The van der Waals surface area contributed by atoms with Crippen molar-refractivity contribution in [2.24, 2.45) is 5.92 Å². The van der Waals surface area contributed by atoms with E-state index in [1.54, 1.807) is 6.92 Å². The average Bonchev–Trinajstić information content (AvgIpc) is 2.82. The maximum Gasteiger partial charge on any atom is 0.330 e. The largest absolute Gasteiger partial charge is 0.390 e. The van der Waals surface area contributed by atoms with Gasteiger partial charge in [-0.3, -0.25) is 14.3 Å². The molecule has 3 N–H and O–H groups in total. The Morgan fingerprint density at radius 3 is 2.73 bits per heavy atom. The molecule has 1 aliphatic heterocycles. The number of aryl methyl sites for hydroxylation is 1. The van der Waals surface area contributed by atoms with E-state index in [1.807, 2.05) is 0 Å². The third kappa shape index (κ3) is 3.66. The number of aromatic nitrogens is 2. The predicted octanol–water partition coefficient (Wildman–Crippen LogP) is 0.291. The summed E-state index contributed by atoms with van der Waals surface area (Å²) >= 11 is 0. The third-order valence-corrected chi connectivity index (χ3v) is 4.01. The number of ether oxygens (including phenoxy) is 1. The molecule has 4 atom stereocenters. The minimum absolute atomic E-state index is 0.203. The van der Waals surface area contributed by atoms with Crippen LogP contribution in [0.4, 0.5) is 0 Å². The van der Waals surface area contributed by atoms with Gasteiger partial charge in [0.25, 0.3) is 5.56 Å². The van der Waals surface area contributed by atoms with Gasteiger partial charge in [-0.1, -0.05) is 13.8 Å². The van der Waals surface area contributed by atoms with E-state index in [4.69, 9.17) is 4.74 Å². The zero-order chi connectivity index (χ0) is 16.4. The van der Waals surface area contributed by atoms with Gasteiger partial charge in [0.05, 0.1) is 12.2 Å². The summed E-state index contributed by atoms with van der Waals surface area (Å²) in [6.45, 7) is 5.71. The smallest absolute Gasteiger partial charge is 0.330 e. The van der Waals surface area contributed by atoms with Crippen molar-refractivity contribution in [1.29, 1.82) is 0 Å². The van der Waals surface area contributed by atoms with Crippen LogP contribution in [0.3, 0.4) is 0 Å². The number of aliphatic hydroxyl groups is 2. The summed E-state index contributed by atoms with van der Waals surface area (Å²) in [5.74, 6) is 0.452. The topological polar surface area (TPSA) is 105 Å². The van der Waals surface area contributed by atoms with Crippen molar-refractivity contribution in [1.82, 2.24) is 9.55 Å². The van der Waals surface area contributed by atoms with E-state index in [1.165, 1.54) is 10.8 Å². The molecular weight excluding hydrogens is 288 g/mol. The van der Waals surface area contributed by atoms with E-state index in [9.17, 15) is 19.8 Å². The van der Waals surface area contributed by atoms with Crippen LogP contribution in [0.1, 0.15) is 44.9 Å². The molecule has 1 aromatic heterocycles. The van der Waals surface area contributed by atoms with Gasteiger partial charge in [-0.25, -0.2) is 4.79 Å². The molecule has 7 heteroatoms. The standard InChI is InChI=1S/C15H24N2O5/c1-8(2)4-5-10(18)13-11(19)6-12(22-13)17-7-9(3)14(20)16-15(17)21/h7-8,10-13,18-19H,4-6H2,1-3H3,(H,16,20,21)/t10-,11-,12+,13+/m0/s1. The number of hydrogen-bond donors (Lipinski definition) is 3. The molecule has 0 spiro atoms. The second-order valence-corrected chi connectivity index (χ2v) is 6.38. The molecule has 0 radical (unpaired) electrons. The zero-order valence-corrected chi connectivity index (χ0v) is 13.2. The lowest BCUT2D eigenvalue weighted by molar-refractivity contribution is -0.0863. The predicted molar refractivity (Wildman–Crippen MR) is 80.7 cm³/mol. The SMILES string of the molecule is Cc1cn([C@H]2C[C@H](O)[C@@H]([C@@H](O)CCC(C)C)O2)c(=O)[nH]c1=O. The maximum absolute atomic E-state index is 11.9. The Hall–Kier alpha value is -1.44. The van der Waals surface area contributed by atoms with Crippen LogP contribution < -0.4 is 11.2 Å². The van der Waals surface area contributed by atoms with Gasteiger partial charge in [0.1, 0.15) is 12.3 Å². The third-order valence-electron chi connectivity index (χ3n) is 4.01. The van der Waals surface area contributed by atoms with Crippen LogP contribution in [0.15, 0.2) is 15.8 Å². The summed E-state index contributed by atoms with van der Waals surface area (Å²) in [6.07, 6.45) is -0.0363. The number of H-pyrrole nitrogens is 1. The molecule has 0 aromatic carbocycles. The summed E-state index contributed by atoms with van der Waals surface area (Å²) in [4.78, 5) is 25.5. The molecule has 0 bridgehead atoms. The summed E-state index contributed by atoms with van der Waals surface area (Å²) in [6, 6.07) is 0. The highest BCUT2D eigenvalue weighted by atomic mass is 16.5. The van der Waals surface area contributed by atoms with Gasteiger partial charge in [0.2, 0.25) is 0 Å². The van der Waals surface area contributed by atoms with Crippen LogP contribution in [0, 0.1) is 12.8 Å². The highest BCUT2D eigenvalue weighted by molar-refractivity contribution is 5.02. The Kier molecular flexibility index (Phi) is 5.20. The van der Waals surface area contributed by atoms with Crippen LogP contribution >= 0.6 is 0 Å². The van der Waals surface area contributed by atoms with E-state index in [2.05, 4.69) is 18.8 Å². The molecule has 0 aliphatic carbocycles. The number of hydrogen-bond acceptors (Lipinski definition) is 5. The van der Waals surface area contributed by atoms with Gasteiger partial charge >= 0.3 is 5.69 Å². The summed E-state index contributed by atoms with van der Waals surface area (Å²) in [5, 5.41) is 20.3. The van der Waals surface area contributed by atoms with Gasteiger partial charge in [0, 0.05) is 18.2 Å². The average molecular weight is 312 g/mol. The number of nitrogens with zero attached hydrogens (tertiary/aromatic N) is 1. The lowest BCUT2D eigenvalue weighted by Gasteiger charge is -2.22. The molecule has 0 unspecified atom stereocenters. The van der Waals surface area contributed by atoms with E-state index in [-0.39, 0.29) is 6.42 Å². The summed E-state index contributed by atoms with van der Waals surface area (Å²) in [5.41, 5.74) is -0.625. The zero-order valence-electron chi connectivity index (χ0n) is 13.2. The molecule has 1 saturated heterocycles. The second-order valence-electron chi connectivity index (χ2n) is 6.38. The minimum atomic E-state index is -0.841. The first-order valence-corrected chi connectivity index (χ1v) is 7.63. The maximum atomic E-state index is 11.9. The molecule has 2 heterocycles. The quantitative estimate of drug-likeness (QED) is 0.725. The molecule has 0 amide bonds. The highest BCUT2D eigenvalue weighted by Gasteiger charge is 2.39. The van der Waals surface area contributed by atoms with Gasteiger partial charge in [-0.15, -0.1) is 0 Å². The van der Waals surface area contributed by atoms with Crippen molar-refractivity contribution in [2.45, 2.75) is 64.6 Å². The Bertz CT molecular complexity index is 621. The Labute approximate surface area is 128 Å². The fourth-order valence-corrected chi connectivity index (χ4v) is 2.66. The van der Waals surface area contributed by atoms with E-state index in [0.717, 1.165) is 6.42 Å². The Balaban J connectivity index is 2.12. The number of aromatic amines is 1. The van der Waals surface area contributed by atoms with E-state index < -0.39 is 35.8 Å². The number of aliphatic hydroxyl groups excluding tert-OH is 2.